The van der Waals surface area contributed by atoms with E-state index in [0.29, 0.717) is 5.66 Å². The van der Waals surface area contributed by atoms with Gasteiger partial charge in [-0.15, -0.1) is 0 Å². The van der Waals surface area contributed by atoms with Gasteiger partial charge in [0.1, 0.15) is 0 Å². The van der Waals surface area contributed by atoms with E-state index < -0.39 is 0 Å². The van der Waals surface area contributed by atoms with Crippen LogP contribution >= 0.6 is 8.58 Å². The van der Waals surface area contributed by atoms with Crippen molar-refractivity contribution < 1.29 is 0 Å². The van der Waals surface area contributed by atoms with Crippen molar-refractivity contribution in [3.63, 3.8) is 0 Å². The predicted octanol–water partition coefficient (Wildman–Crippen LogP) is 3.10. The molecule has 0 spiro atoms. The van der Waals surface area contributed by atoms with Crippen LogP contribution in [0.15, 0.2) is 42.5 Å². The van der Waals surface area contributed by atoms with Crippen LogP contribution < -0.4 is 5.30 Å². The van der Waals surface area contributed by atoms with Gasteiger partial charge in [0.05, 0.1) is 0 Å². The molecular weight excluding hydrogens is 187 g/mol. The highest BCUT2D eigenvalue weighted by molar-refractivity contribution is 7.48. The molecule has 72 valence electrons. The van der Waals surface area contributed by atoms with Crippen LogP contribution in [0.4, 0.5) is 0 Å². The quantitative estimate of drug-likeness (QED) is 0.646. The van der Waals surface area contributed by atoms with Crippen molar-refractivity contribution in [3.8, 4) is 0 Å². The summed E-state index contributed by atoms with van der Waals surface area (Å²) in [5.41, 5.74) is 3.38. The maximum absolute atomic E-state index is 2.30. The van der Waals surface area contributed by atoms with Crippen LogP contribution in [0, 0.1) is 13.8 Å². The lowest BCUT2D eigenvalue weighted by Gasteiger charge is -2.08. The third-order valence-corrected chi connectivity index (χ3v) is 3.64. The van der Waals surface area contributed by atoms with Gasteiger partial charge in [0, 0.05) is 5.66 Å². The van der Waals surface area contributed by atoms with E-state index in [4.69, 9.17) is 0 Å². The molecule has 0 heterocycles. The lowest BCUT2D eigenvalue weighted by molar-refractivity contribution is 1.40. The maximum atomic E-state index is 2.30. The Bertz CT molecular complexity index is 356. The Kier molecular flexibility index (Phi) is 2.84. The van der Waals surface area contributed by atoms with Gasteiger partial charge in [-0.05, 0) is 19.2 Å². The second kappa shape index (κ2) is 4.11. The summed E-state index contributed by atoms with van der Waals surface area (Å²) in [5, 5.41) is 1.48. The zero-order valence-corrected chi connectivity index (χ0v) is 9.62. The summed E-state index contributed by atoms with van der Waals surface area (Å²) in [5.74, 6) is 0. The Balaban J connectivity index is 2.16. The topological polar surface area (TPSA) is 0 Å². The number of aryl methyl sites for hydroxylation is 2. The van der Waals surface area contributed by atoms with Gasteiger partial charge in [-0.25, -0.2) is 0 Å². The molecule has 0 bridgehead atoms. The Morgan fingerprint density at radius 2 is 1.50 bits per heavy atom. The van der Waals surface area contributed by atoms with Crippen molar-refractivity contribution in [3.05, 3.63) is 53.6 Å². The first-order chi connectivity index (χ1) is 6.74. The first-order valence-electron chi connectivity index (χ1n) is 4.94. The molecule has 0 aromatic heterocycles. The van der Waals surface area contributed by atoms with E-state index in [2.05, 4.69) is 56.4 Å². The Morgan fingerprint density at radius 3 is 2.07 bits per heavy atom. The zero-order valence-electron chi connectivity index (χ0n) is 8.62. The molecule has 1 aromatic carbocycles. The van der Waals surface area contributed by atoms with Gasteiger partial charge in [0.15, 0.2) is 0 Å². The van der Waals surface area contributed by atoms with E-state index in [1.54, 1.807) is 0 Å². The first-order valence-corrected chi connectivity index (χ1v) is 6.01. The van der Waals surface area contributed by atoms with Gasteiger partial charge in [0.2, 0.25) is 0 Å². The smallest absolute Gasteiger partial charge is 0.0169 e. The van der Waals surface area contributed by atoms with Gasteiger partial charge in [-0.1, -0.05) is 62.2 Å². The average molecular weight is 202 g/mol. The molecule has 1 aliphatic carbocycles. The average Bonchev–Trinajstić information content (AvgIpc) is 2.54. The lowest BCUT2D eigenvalue weighted by atomic mass is 10.2. The van der Waals surface area contributed by atoms with Crippen LogP contribution in [0.3, 0.4) is 0 Å². The van der Waals surface area contributed by atoms with E-state index >= 15 is 0 Å². The predicted molar refractivity (Wildman–Crippen MR) is 65.9 cm³/mol. The summed E-state index contributed by atoms with van der Waals surface area (Å²) in [6.45, 7) is 4.34. The third kappa shape index (κ3) is 2.33. The summed E-state index contributed by atoms with van der Waals surface area (Å²) in [6, 6.07) is 6.82. The second-order valence-electron chi connectivity index (χ2n) is 3.82. The van der Waals surface area contributed by atoms with Crippen molar-refractivity contribution in [1.82, 2.24) is 0 Å². The molecule has 0 radical (unpaired) electrons. The van der Waals surface area contributed by atoms with Gasteiger partial charge in [-0.3, -0.25) is 0 Å². The summed E-state index contributed by atoms with van der Waals surface area (Å²) >= 11 is 0. The number of hydrogen-bond donors (Lipinski definition) is 0. The summed E-state index contributed by atoms with van der Waals surface area (Å²) in [4.78, 5) is 0. The number of rotatable bonds is 2. The molecule has 0 saturated carbocycles. The molecule has 1 atom stereocenters. The molecule has 0 fully saturated rings. The van der Waals surface area contributed by atoms with Gasteiger partial charge in [0.25, 0.3) is 0 Å². The number of allylic oxidation sites excluding steroid dienone is 4. The normalized spacial score (nSPS) is 16.1. The van der Waals surface area contributed by atoms with E-state index in [1.165, 1.54) is 16.4 Å². The van der Waals surface area contributed by atoms with Crippen LogP contribution in [0.1, 0.15) is 11.1 Å². The molecule has 0 nitrogen and oxygen atoms in total. The van der Waals surface area contributed by atoms with E-state index in [0.717, 1.165) is 8.58 Å². The molecule has 0 amide bonds. The molecule has 1 unspecified atom stereocenters. The van der Waals surface area contributed by atoms with E-state index in [1.807, 2.05) is 0 Å². The van der Waals surface area contributed by atoms with E-state index in [-0.39, 0.29) is 0 Å². The molecule has 1 aliphatic rings. The molecule has 1 aromatic rings. The van der Waals surface area contributed by atoms with Crippen LogP contribution in [0.5, 0.6) is 0 Å². The molecule has 2 rings (SSSR count). The third-order valence-electron chi connectivity index (χ3n) is 2.30. The fourth-order valence-corrected chi connectivity index (χ4v) is 3.20. The Morgan fingerprint density at radius 1 is 0.929 bits per heavy atom. The van der Waals surface area contributed by atoms with Crippen LogP contribution in [0.25, 0.3) is 0 Å². The van der Waals surface area contributed by atoms with Crippen molar-refractivity contribution in [2.75, 3.05) is 0 Å². The van der Waals surface area contributed by atoms with Crippen molar-refractivity contribution in [2.24, 2.45) is 0 Å². The number of hydrogen-bond acceptors (Lipinski definition) is 0. The van der Waals surface area contributed by atoms with Crippen LogP contribution in [-0.2, 0) is 0 Å². The highest BCUT2D eigenvalue weighted by Crippen LogP contribution is 2.24. The zero-order chi connectivity index (χ0) is 9.97. The van der Waals surface area contributed by atoms with Gasteiger partial charge in [-0.2, -0.15) is 0 Å². The first kappa shape index (κ1) is 9.68. The molecule has 14 heavy (non-hydrogen) atoms. The lowest BCUT2D eigenvalue weighted by Crippen LogP contribution is -2.01. The van der Waals surface area contributed by atoms with Crippen LogP contribution in [0.2, 0.25) is 0 Å². The monoisotopic (exact) mass is 202 g/mol. The molecule has 0 saturated heterocycles. The van der Waals surface area contributed by atoms with Crippen molar-refractivity contribution in [1.29, 1.82) is 0 Å². The fraction of sp³-hybridized carbons (Fsp3) is 0.231. The van der Waals surface area contributed by atoms with Crippen molar-refractivity contribution >= 4 is 13.9 Å². The standard InChI is InChI=1S/C13H15P/c1-10-7-11(2)9-13(8-10)14-12-5-3-4-6-12/h3-9,12,14H,1-2H3. The SMILES string of the molecule is Cc1cc(C)cc(PC2C=CC=C2)c1. The van der Waals surface area contributed by atoms with Crippen LogP contribution in [-0.4, -0.2) is 5.66 Å². The molecular formula is C13H15P. The summed E-state index contributed by atoms with van der Waals surface area (Å²) in [6.07, 6.45) is 8.83. The maximum Gasteiger partial charge on any atom is 0.0169 e. The Hall–Kier alpha value is -0.870. The van der Waals surface area contributed by atoms with E-state index in [9.17, 15) is 0 Å². The minimum Gasteiger partial charge on any atom is -0.0793 e. The summed E-state index contributed by atoms with van der Waals surface area (Å²) in [7, 11) is 0.877. The minimum atomic E-state index is 0.635. The highest BCUT2D eigenvalue weighted by Gasteiger charge is 2.05. The number of benzene rings is 1. The van der Waals surface area contributed by atoms with Crippen molar-refractivity contribution in [2.45, 2.75) is 19.5 Å². The second-order valence-corrected chi connectivity index (χ2v) is 5.35. The van der Waals surface area contributed by atoms with Gasteiger partial charge < -0.3 is 0 Å². The summed E-state index contributed by atoms with van der Waals surface area (Å²) < 4.78 is 0. The van der Waals surface area contributed by atoms with Gasteiger partial charge >= 0.3 is 0 Å². The fourth-order valence-electron chi connectivity index (χ4n) is 1.78. The molecule has 0 aliphatic heterocycles. The largest absolute Gasteiger partial charge is 0.0793 e. The Labute approximate surface area is 87.5 Å². The molecule has 0 N–H and O–H groups in total. The highest BCUT2D eigenvalue weighted by atomic mass is 31.1. The minimum absolute atomic E-state index is 0.635. The molecule has 1 heteroatoms.